The van der Waals surface area contributed by atoms with Gasteiger partial charge in [-0.25, -0.2) is 9.78 Å². The first kappa shape index (κ1) is 11.7. The summed E-state index contributed by atoms with van der Waals surface area (Å²) in [7, 11) is 0. The number of hydrogen-bond donors (Lipinski definition) is 2. The van der Waals surface area contributed by atoms with Gasteiger partial charge >= 0.3 is 5.97 Å². The van der Waals surface area contributed by atoms with E-state index < -0.39 is 5.97 Å². The second-order valence-corrected chi connectivity index (χ2v) is 4.71. The fraction of sp³-hybridized carbons (Fsp3) is 0.308. The van der Waals surface area contributed by atoms with Gasteiger partial charge in [0.25, 0.3) is 0 Å². The van der Waals surface area contributed by atoms with Gasteiger partial charge < -0.3 is 15.0 Å². The molecule has 0 saturated carbocycles. The molecule has 1 aliphatic heterocycles. The first-order chi connectivity index (χ1) is 9.13. The van der Waals surface area contributed by atoms with Crippen LogP contribution in [0.15, 0.2) is 24.5 Å². The lowest BCUT2D eigenvalue weighted by Gasteiger charge is -2.11. The molecule has 19 heavy (non-hydrogen) atoms. The van der Waals surface area contributed by atoms with Crippen molar-refractivity contribution in [1.82, 2.24) is 14.9 Å². The molecule has 1 aliphatic rings. The standard InChI is InChI=1S/C13H13N3O3/c17-12-4-2-9(15-12)6-16-7-14-10-3-1-8(13(18)19)5-11(10)16/h1,3,5,7,9H,2,4,6H2,(H,15,17)(H,18,19). The van der Waals surface area contributed by atoms with Crippen LogP contribution in [0.1, 0.15) is 23.2 Å². The molecule has 2 heterocycles. The fourth-order valence-corrected chi connectivity index (χ4v) is 2.39. The van der Waals surface area contributed by atoms with Crippen LogP contribution >= 0.6 is 0 Å². The normalized spacial score (nSPS) is 18.7. The summed E-state index contributed by atoms with van der Waals surface area (Å²) in [5.41, 5.74) is 1.78. The molecule has 0 radical (unpaired) electrons. The van der Waals surface area contributed by atoms with Gasteiger partial charge in [-0.15, -0.1) is 0 Å². The van der Waals surface area contributed by atoms with Gasteiger partial charge in [-0.05, 0) is 24.6 Å². The number of aromatic nitrogens is 2. The number of imidazole rings is 1. The third-order valence-electron chi connectivity index (χ3n) is 3.37. The zero-order valence-corrected chi connectivity index (χ0v) is 10.2. The second-order valence-electron chi connectivity index (χ2n) is 4.71. The molecule has 0 spiro atoms. The monoisotopic (exact) mass is 259 g/mol. The van der Waals surface area contributed by atoms with E-state index in [1.165, 1.54) is 0 Å². The minimum absolute atomic E-state index is 0.0700. The van der Waals surface area contributed by atoms with E-state index in [2.05, 4.69) is 10.3 Å². The van der Waals surface area contributed by atoms with E-state index in [1.54, 1.807) is 24.5 Å². The highest BCUT2D eigenvalue weighted by Crippen LogP contribution is 2.17. The topological polar surface area (TPSA) is 84.2 Å². The highest BCUT2D eigenvalue weighted by molar-refractivity contribution is 5.92. The Balaban J connectivity index is 1.92. The Morgan fingerprint density at radius 1 is 1.53 bits per heavy atom. The molecule has 1 atom stereocenters. The molecule has 1 fully saturated rings. The van der Waals surface area contributed by atoms with Crippen LogP contribution in [0, 0.1) is 0 Å². The van der Waals surface area contributed by atoms with Crippen molar-refractivity contribution in [2.45, 2.75) is 25.4 Å². The number of benzene rings is 1. The van der Waals surface area contributed by atoms with E-state index in [-0.39, 0.29) is 17.5 Å². The number of carbonyl (C=O) groups excluding carboxylic acids is 1. The Bertz CT molecular complexity index is 662. The van der Waals surface area contributed by atoms with E-state index in [1.807, 2.05) is 4.57 Å². The molecule has 1 amide bonds. The lowest BCUT2D eigenvalue weighted by atomic mass is 10.2. The maximum absolute atomic E-state index is 11.2. The van der Waals surface area contributed by atoms with Crippen LogP contribution in [-0.4, -0.2) is 32.6 Å². The predicted molar refractivity (Wildman–Crippen MR) is 67.9 cm³/mol. The smallest absolute Gasteiger partial charge is 0.335 e. The maximum Gasteiger partial charge on any atom is 0.335 e. The summed E-state index contributed by atoms with van der Waals surface area (Å²) in [5.74, 6) is -0.885. The first-order valence-electron chi connectivity index (χ1n) is 6.11. The van der Waals surface area contributed by atoms with E-state index in [9.17, 15) is 9.59 Å². The van der Waals surface area contributed by atoms with Crippen molar-refractivity contribution in [2.24, 2.45) is 0 Å². The Kier molecular flexibility index (Phi) is 2.70. The Morgan fingerprint density at radius 3 is 3.05 bits per heavy atom. The first-order valence-corrected chi connectivity index (χ1v) is 6.11. The summed E-state index contributed by atoms with van der Waals surface area (Å²) in [4.78, 5) is 26.4. The molecule has 1 saturated heterocycles. The van der Waals surface area contributed by atoms with Gasteiger partial charge in [-0.2, -0.15) is 0 Å². The van der Waals surface area contributed by atoms with E-state index >= 15 is 0 Å². The SMILES string of the molecule is O=C1CCC(Cn2cnc3ccc(C(=O)O)cc32)N1. The van der Waals surface area contributed by atoms with Gasteiger partial charge in [0.2, 0.25) is 5.91 Å². The Hall–Kier alpha value is -2.37. The van der Waals surface area contributed by atoms with Gasteiger partial charge in [-0.1, -0.05) is 0 Å². The van der Waals surface area contributed by atoms with Crippen molar-refractivity contribution >= 4 is 22.9 Å². The zero-order chi connectivity index (χ0) is 13.4. The van der Waals surface area contributed by atoms with Gasteiger partial charge in [0, 0.05) is 19.0 Å². The summed E-state index contributed by atoms with van der Waals surface area (Å²) in [5, 5.41) is 11.9. The molecule has 2 N–H and O–H groups in total. The van der Waals surface area contributed by atoms with E-state index in [0.717, 1.165) is 17.5 Å². The van der Waals surface area contributed by atoms with Crippen LogP contribution in [0.25, 0.3) is 11.0 Å². The summed E-state index contributed by atoms with van der Waals surface area (Å²) in [6.07, 6.45) is 3.04. The number of carboxylic acids is 1. The van der Waals surface area contributed by atoms with Crippen LogP contribution in [0.3, 0.4) is 0 Å². The largest absolute Gasteiger partial charge is 0.478 e. The highest BCUT2D eigenvalue weighted by atomic mass is 16.4. The van der Waals surface area contributed by atoms with Crippen molar-refractivity contribution in [3.05, 3.63) is 30.1 Å². The Labute approximate surface area is 109 Å². The molecular formula is C13H13N3O3. The number of aromatic carboxylic acids is 1. The van der Waals surface area contributed by atoms with Gasteiger partial charge in [0.05, 0.1) is 22.9 Å². The van der Waals surface area contributed by atoms with Crippen molar-refractivity contribution < 1.29 is 14.7 Å². The predicted octanol–water partition coefficient (Wildman–Crippen LogP) is 1.01. The van der Waals surface area contributed by atoms with Crippen LogP contribution in [-0.2, 0) is 11.3 Å². The average Bonchev–Trinajstić information content (AvgIpc) is 2.96. The number of carboxylic acid groups (broad SMARTS) is 1. The summed E-state index contributed by atoms with van der Waals surface area (Å²) < 4.78 is 1.89. The number of amides is 1. The molecule has 6 heteroatoms. The molecule has 1 aromatic heterocycles. The fourth-order valence-electron chi connectivity index (χ4n) is 2.39. The van der Waals surface area contributed by atoms with Crippen molar-refractivity contribution in [3.8, 4) is 0 Å². The molecular weight excluding hydrogens is 246 g/mol. The van der Waals surface area contributed by atoms with E-state index in [4.69, 9.17) is 5.11 Å². The molecule has 3 rings (SSSR count). The van der Waals surface area contributed by atoms with E-state index in [0.29, 0.717) is 13.0 Å². The molecule has 0 aliphatic carbocycles. The molecule has 2 aromatic rings. The number of carbonyl (C=O) groups is 2. The van der Waals surface area contributed by atoms with Crippen molar-refractivity contribution in [2.75, 3.05) is 0 Å². The van der Waals surface area contributed by atoms with Crippen LogP contribution in [0.4, 0.5) is 0 Å². The number of fused-ring (bicyclic) bond motifs is 1. The third-order valence-corrected chi connectivity index (χ3v) is 3.37. The van der Waals surface area contributed by atoms with Crippen LogP contribution in [0.2, 0.25) is 0 Å². The summed E-state index contributed by atoms with van der Waals surface area (Å²) in [6.45, 7) is 0.616. The van der Waals surface area contributed by atoms with Gasteiger partial charge in [-0.3, -0.25) is 4.79 Å². The highest BCUT2D eigenvalue weighted by Gasteiger charge is 2.21. The molecule has 6 nitrogen and oxygen atoms in total. The quantitative estimate of drug-likeness (QED) is 0.861. The van der Waals surface area contributed by atoms with Gasteiger partial charge in [0.1, 0.15) is 0 Å². The molecule has 0 bridgehead atoms. The number of rotatable bonds is 3. The van der Waals surface area contributed by atoms with Crippen molar-refractivity contribution in [3.63, 3.8) is 0 Å². The zero-order valence-electron chi connectivity index (χ0n) is 10.2. The number of hydrogen-bond acceptors (Lipinski definition) is 3. The van der Waals surface area contributed by atoms with Crippen LogP contribution < -0.4 is 5.32 Å². The lowest BCUT2D eigenvalue weighted by Crippen LogP contribution is -2.29. The molecule has 1 aromatic carbocycles. The average molecular weight is 259 g/mol. The molecule has 98 valence electrons. The number of nitrogens with one attached hydrogen (secondary N) is 1. The third kappa shape index (κ3) is 2.16. The molecule has 1 unspecified atom stereocenters. The number of nitrogens with zero attached hydrogens (tertiary/aromatic N) is 2. The summed E-state index contributed by atoms with van der Waals surface area (Å²) in [6, 6.07) is 4.95. The second kappa shape index (κ2) is 4.38. The maximum atomic E-state index is 11.2. The minimum atomic E-state index is -0.955. The van der Waals surface area contributed by atoms with Crippen molar-refractivity contribution in [1.29, 1.82) is 0 Å². The lowest BCUT2D eigenvalue weighted by molar-refractivity contribution is -0.119. The van der Waals surface area contributed by atoms with Crippen LogP contribution in [0.5, 0.6) is 0 Å². The van der Waals surface area contributed by atoms with Gasteiger partial charge in [0.15, 0.2) is 0 Å². The summed E-state index contributed by atoms with van der Waals surface area (Å²) >= 11 is 0. The Morgan fingerprint density at radius 2 is 2.37 bits per heavy atom. The minimum Gasteiger partial charge on any atom is -0.478 e.